The van der Waals surface area contributed by atoms with Crippen LogP contribution in [-0.4, -0.2) is 34.2 Å². The van der Waals surface area contributed by atoms with Crippen LogP contribution in [0.25, 0.3) is 21.3 Å². The van der Waals surface area contributed by atoms with Crippen LogP contribution in [0.3, 0.4) is 0 Å². The van der Waals surface area contributed by atoms with Gasteiger partial charge in [0.15, 0.2) is 5.16 Å². The third-order valence-corrected chi connectivity index (χ3v) is 5.52. The van der Waals surface area contributed by atoms with Crippen LogP contribution in [0.15, 0.2) is 45.7 Å². The van der Waals surface area contributed by atoms with E-state index in [2.05, 4.69) is 20.6 Å². The van der Waals surface area contributed by atoms with E-state index < -0.39 is 11.9 Å². The van der Waals surface area contributed by atoms with Crippen LogP contribution in [0.5, 0.6) is 0 Å². The molecular weight excluding hydrogens is 396 g/mol. The Morgan fingerprint density at radius 1 is 1.25 bits per heavy atom. The number of imide groups is 1. The van der Waals surface area contributed by atoms with Crippen LogP contribution in [0.4, 0.5) is 4.79 Å². The first-order valence-electron chi connectivity index (χ1n) is 8.71. The maximum Gasteiger partial charge on any atom is 0.321 e. The second-order valence-corrected chi connectivity index (χ2v) is 8.33. The lowest BCUT2D eigenvalue weighted by Crippen LogP contribution is -2.41. The Kier molecular flexibility index (Phi) is 6.48. The highest BCUT2D eigenvalue weighted by molar-refractivity contribution is 7.99. The molecule has 3 aromatic rings. The number of aromatic nitrogens is 2. The van der Waals surface area contributed by atoms with Gasteiger partial charge in [-0.1, -0.05) is 55.9 Å². The van der Waals surface area contributed by atoms with E-state index >= 15 is 0 Å². The van der Waals surface area contributed by atoms with Crippen LogP contribution >= 0.6 is 23.1 Å². The van der Waals surface area contributed by atoms with Crippen molar-refractivity contribution in [2.24, 2.45) is 5.92 Å². The molecule has 0 spiro atoms. The Balaban J connectivity index is 1.68. The van der Waals surface area contributed by atoms with E-state index in [4.69, 9.17) is 0 Å². The third-order valence-electron chi connectivity index (χ3n) is 3.77. The van der Waals surface area contributed by atoms with Gasteiger partial charge in [0.05, 0.1) is 11.1 Å². The van der Waals surface area contributed by atoms with Gasteiger partial charge in [0.2, 0.25) is 5.91 Å². The molecule has 0 radical (unpaired) electrons. The summed E-state index contributed by atoms with van der Waals surface area (Å²) in [5, 5.41) is 7.66. The molecule has 7 nitrogen and oxygen atoms in total. The quantitative estimate of drug-likeness (QED) is 0.423. The Morgan fingerprint density at radius 2 is 2.00 bits per heavy atom. The summed E-state index contributed by atoms with van der Waals surface area (Å²) >= 11 is 2.46. The van der Waals surface area contributed by atoms with Crippen molar-refractivity contribution in [3.8, 4) is 11.1 Å². The number of nitrogens with zero attached hydrogens (tertiary/aromatic N) is 1. The molecule has 0 saturated carbocycles. The van der Waals surface area contributed by atoms with E-state index in [1.807, 2.05) is 49.6 Å². The largest absolute Gasteiger partial charge is 0.338 e. The average Bonchev–Trinajstić information content (AvgIpc) is 3.10. The number of aromatic amines is 1. The topological polar surface area (TPSA) is 104 Å². The lowest BCUT2D eigenvalue weighted by molar-refractivity contribution is -0.117. The first kappa shape index (κ1) is 20.1. The summed E-state index contributed by atoms with van der Waals surface area (Å²) in [4.78, 5) is 43.8. The molecule has 9 heteroatoms. The fraction of sp³-hybridized carbons (Fsp3) is 0.263. The zero-order chi connectivity index (χ0) is 20.1. The van der Waals surface area contributed by atoms with Gasteiger partial charge in [0, 0.05) is 17.5 Å². The number of hydrogen-bond acceptors (Lipinski definition) is 6. The number of hydrogen-bond donors (Lipinski definition) is 3. The molecule has 146 valence electrons. The van der Waals surface area contributed by atoms with Gasteiger partial charge < -0.3 is 10.3 Å². The molecule has 0 aliphatic rings. The predicted molar refractivity (Wildman–Crippen MR) is 113 cm³/mol. The normalized spacial score (nSPS) is 11.0. The Hall–Kier alpha value is -2.65. The van der Waals surface area contributed by atoms with E-state index in [-0.39, 0.29) is 11.3 Å². The number of carbonyl (C=O) groups is 2. The Morgan fingerprint density at radius 3 is 2.71 bits per heavy atom. The Bertz CT molecular complexity index is 1040. The van der Waals surface area contributed by atoms with Gasteiger partial charge in [-0.15, -0.1) is 11.3 Å². The second-order valence-electron chi connectivity index (χ2n) is 6.51. The number of thiophene rings is 1. The number of fused-ring (bicyclic) bond motifs is 1. The minimum absolute atomic E-state index is 0.0273. The van der Waals surface area contributed by atoms with Crippen molar-refractivity contribution in [3.63, 3.8) is 0 Å². The molecule has 1 aromatic carbocycles. The molecule has 0 bridgehead atoms. The van der Waals surface area contributed by atoms with Crippen molar-refractivity contribution in [2.45, 2.75) is 19.0 Å². The molecule has 0 aliphatic heterocycles. The van der Waals surface area contributed by atoms with Crippen LogP contribution in [-0.2, 0) is 4.79 Å². The number of amides is 3. The molecule has 0 saturated heterocycles. The first-order valence-corrected chi connectivity index (χ1v) is 10.6. The number of benzene rings is 1. The summed E-state index contributed by atoms with van der Waals surface area (Å²) < 4.78 is 0. The summed E-state index contributed by atoms with van der Waals surface area (Å²) in [5.41, 5.74) is 1.54. The van der Waals surface area contributed by atoms with Gasteiger partial charge in [0.1, 0.15) is 4.83 Å². The summed E-state index contributed by atoms with van der Waals surface area (Å²) in [7, 11) is 0. The van der Waals surface area contributed by atoms with E-state index in [0.29, 0.717) is 27.8 Å². The van der Waals surface area contributed by atoms with E-state index in [9.17, 15) is 14.4 Å². The van der Waals surface area contributed by atoms with Crippen LogP contribution in [0.2, 0.25) is 0 Å². The molecule has 0 unspecified atom stereocenters. The lowest BCUT2D eigenvalue weighted by atomic mass is 10.1. The number of H-pyrrole nitrogens is 1. The van der Waals surface area contributed by atoms with Gasteiger partial charge >= 0.3 is 6.03 Å². The second kappa shape index (κ2) is 9.03. The molecule has 2 heterocycles. The number of carbonyl (C=O) groups excluding carboxylic acids is 2. The summed E-state index contributed by atoms with van der Waals surface area (Å²) in [6.45, 7) is 4.41. The van der Waals surface area contributed by atoms with Gasteiger partial charge in [-0.2, -0.15) is 0 Å². The summed E-state index contributed by atoms with van der Waals surface area (Å²) in [6.07, 6.45) is 0. The zero-order valence-corrected chi connectivity index (χ0v) is 17.1. The van der Waals surface area contributed by atoms with Crippen LogP contribution in [0, 0.1) is 5.92 Å². The van der Waals surface area contributed by atoms with Crippen molar-refractivity contribution < 1.29 is 9.59 Å². The maximum atomic E-state index is 12.6. The van der Waals surface area contributed by atoms with Crippen LogP contribution in [0.1, 0.15) is 13.8 Å². The van der Waals surface area contributed by atoms with Crippen molar-refractivity contribution in [3.05, 3.63) is 46.1 Å². The van der Waals surface area contributed by atoms with E-state index in [1.165, 1.54) is 11.3 Å². The highest BCUT2D eigenvalue weighted by atomic mass is 32.2. The molecule has 0 fully saturated rings. The van der Waals surface area contributed by atoms with Gasteiger partial charge in [-0.05, 0) is 11.5 Å². The molecule has 3 N–H and O–H groups in total. The zero-order valence-electron chi connectivity index (χ0n) is 15.4. The van der Waals surface area contributed by atoms with Crippen molar-refractivity contribution in [2.75, 3.05) is 12.3 Å². The molecule has 28 heavy (non-hydrogen) atoms. The number of thioether (sulfide) groups is 1. The maximum absolute atomic E-state index is 12.6. The molecule has 0 atom stereocenters. The fourth-order valence-electron chi connectivity index (χ4n) is 2.47. The van der Waals surface area contributed by atoms with Crippen molar-refractivity contribution in [1.29, 1.82) is 0 Å². The molecule has 3 amide bonds. The SMILES string of the molecule is CC(C)CNC(=O)NC(=O)CSc1nc2scc(-c3ccccc3)c2c(=O)[nH]1. The standard InChI is InChI=1S/C19H20N4O3S2/c1-11(2)8-20-18(26)21-14(24)10-28-19-22-16(25)15-13(9-27-17(15)23-19)12-6-4-3-5-7-12/h3-7,9,11H,8,10H2,1-2H3,(H,22,23,25)(H2,20,21,24,26). The third kappa shape index (κ3) is 4.99. The predicted octanol–water partition coefficient (Wildman–Crippen LogP) is 3.23. The molecular formula is C19H20N4O3S2. The number of nitrogens with one attached hydrogen (secondary N) is 3. The van der Waals surface area contributed by atoms with Crippen molar-refractivity contribution >= 4 is 45.3 Å². The first-order chi connectivity index (χ1) is 13.4. The highest BCUT2D eigenvalue weighted by Crippen LogP contribution is 2.31. The number of rotatable bonds is 6. The molecule has 2 aromatic heterocycles. The fourth-order valence-corrected chi connectivity index (χ4v) is 4.13. The summed E-state index contributed by atoms with van der Waals surface area (Å²) in [6, 6.07) is 9.11. The molecule has 3 rings (SSSR count). The van der Waals surface area contributed by atoms with E-state index in [1.54, 1.807) is 0 Å². The van der Waals surface area contributed by atoms with Crippen LogP contribution < -0.4 is 16.2 Å². The van der Waals surface area contributed by atoms with Crippen molar-refractivity contribution in [1.82, 2.24) is 20.6 Å². The van der Waals surface area contributed by atoms with Gasteiger partial charge in [0.25, 0.3) is 5.56 Å². The van der Waals surface area contributed by atoms with Gasteiger partial charge in [-0.25, -0.2) is 9.78 Å². The van der Waals surface area contributed by atoms with E-state index in [0.717, 1.165) is 22.9 Å². The number of urea groups is 1. The highest BCUT2D eigenvalue weighted by Gasteiger charge is 2.14. The average molecular weight is 417 g/mol. The minimum atomic E-state index is -0.526. The Labute approximate surface area is 170 Å². The van der Waals surface area contributed by atoms with Gasteiger partial charge in [-0.3, -0.25) is 14.9 Å². The monoisotopic (exact) mass is 416 g/mol. The minimum Gasteiger partial charge on any atom is -0.338 e. The smallest absolute Gasteiger partial charge is 0.321 e. The molecule has 0 aliphatic carbocycles. The summed E-state index contributed by atoms with van der Waals surface area (Å²) in [5.74, 6) is -0.187. The lowest BCUT2D eigenvalue weighted by Gasteiger charge is -2.08.